The van der Waals surface area contributed by atoms with Crippen LogP contribution in [0.3, 0.4) is 0 Å². The van der Waals surface area contributed by atoms with Gasteiger partial charge in [-0.25, -0.2) is 0 Å². The molecule has 0 unspecified atom stereocenters. The molecule has 5 aliphatic rings. The topological polar surface area (TPSA) is 85.4 Å². The largest absolute Gasteiger partial charge is 0.508 e. The summed E-state index contributed by atoms with van der Waals surface area (Å²) in [5, 5.41) is 14.9. The molecule has 1 aromatic carbocycles. The lowest BCUT2D eigenvalue weighted by molar-refractivity contribution is -0.179. The first-order chi connectivity index (χ1) is 15.1. The summed E-state index contributed by atoms with van der Waals surface area (Å²) in [6.07, 6.45) is 5.64. The van der Waals surface area contributed by atoms with Gasteiger partial charge in [-0.05, 0) is 57.2 Å². The number of H-pyrrole nitrogens is 1. The van der Waals surface area contributed by atoms with E-state index in [0.717, 1.165) is 47.0 Å². The van der Waals surface area contributed by atoms with Gasteiger partial charge in [-0.3, -0.25) is 9.59 Å². The molecule has 4 saturated heterocycles. The number of aromatic hydroxyl groups is 1. The van der Waals surface area contributed by atoms with Crippen LogP contribution < -0.4 is 5.32 Å². The molecule has 1 aromatic heterocycles. The lowest BCUT2D eigenvalue weighted by atomic mass is 9.51. The van der Waals surface area contributed by atoms with Gasteiger partial charge in [0.15, 0.2) is 0 Å². The predicted octanol–water partition coefficient (Wildman–Crippen LogP) is 3.47. The van der Waals surface area contributed by atoms with Gasteiger partial charge in [0, 0.05) is 40.9 Å². The third-order valence-electron chi connectivity index (χ3n) is 8.86. The molecule has 3 N–H and O–H groups in total. The van der Waals surface area contributed by atoms with Crippen molar-refractivity contribution in [3.8, 4) is 5.75 Å². The molecule has 2 amide bonds. The molecule has 5 heterocycles. The minimum absolute atomic E-state index is 0.0324. The van der Waals surface area contributed by atoms with Crippen LogP contribution >= 0.6 is 0 Å². The number of rotatable bonds is 2. The Morgan fingerprint density at radius 1 is 1.28 bits per heavy atom. The van der Waals surface area contributed by atoms with E-state index in [1.807, 2.05) is 11.0 Å². The number of nitrogens with one attached hydrogen (secondary N) is 2. The van der Waals surface area contributed by atoms with Gasteiger partial charge in [-0.15, -0.1) is 0 Å². The predicted molar refractivity (Wildman–Crippen MR) is 122 cm³/mol. The average molecular weight is 434 g/mol. The zero-order chi connectivity index (χ0) is 22.6. The Bertz CT molecular complexity index is 1230. The fourth-order valence-electron chi connectivity index (χ4n) is 7.26. The molecule has 0 radical (unpaired) electrons. The number of aromatic amines is 1. The molecule has 6 heteroatoms. The molecule has 4 aliphatic heterocycles. The number of benzene rings is 1. The van der Waals surface area contributed by atoms with Crippen LogP contribution in [0.25, 0.3) is 10.9 Å². The smallest absolute Gasteiger partial charge is 0.249 e. The first-order valence-corrected chi connectivity index (χ1v) is 11.8. The normalized spacial score (nSPS) is 31.9. The molecule has 2 spiro atoms. The van der Waals surface area contributed by atoms with E-state index in [1.54, 1.807) is 6.07 Å². The number of allylic oxidation sites excluding steroid dienone is 2. The number of amides is 2. The lowest BCUT2D eigenvalue weighted by Gasteiger charge is -2.64. The van der Waals surface area contributed by atoms with Crippen LogP contribution in [0.15, 0.2) is 23.8 Å². The number of phenolic OH excluding ortho intramolecular Hbond substituents is 1. The Hall–Kier alpha value is -2.76. The number of piperazine rings is 1. The number of piperidine rings is 2. The Kier molecular flexibility index (Phi) is 3.71. The number of carbonyl (C=O) groups is 2. The summed E-state index contributed by atoms with van der Waals surface area (Å²) in [6, 6.07) is 3.71. The molecule has 6 nitrogen and oxygen atoms in total. The summed E-state index contributed by atoms with van der Waals surface area (Å²) < 4.78 is 0. The van der Waals surface area contributed by atoms with Gasteiger partial charge in [0.05, 0.1) is 5.52 Å². The average Bonchev–Trinajstić information content (AvgIpc) is 3.32. The highest BCUT2D eigenvalue weighted by Crippen LogP contribution is 2.59. The van der Waals surface area contributed by atoms with E-state index < -0.39 is 11.1 Å². The van der Waals surface area contributed by atoms with Crippen molar-refractivity contribution in [2.45, 2.75) is 76.3 Å². The van der Waals surface area contributed by atoms with Crippen molar-refractivity contribution in [2.24, 2.45) is 5.92 Å². The Labute approximate surface area is 188 Å². The molecule has 0 saturated carbocycles. The van der Waals surface area contributed by atoms with Crippen LogP contribution in [0.2, 0.25) is 0 Å². The van der Waals surface area contributed by atoms with Crippen LogP contribution in [0.1, 0.15) is 63.8 Å². The second kappa shape index (κ2) is 5.97. The second-order valence-electron chi connectivity index (χ2n) is 11.1. The third-order valence-corrected chi connectivity index (χ3v) is 8.86. The quantitative estimate of drug-likeness (QED) is 0.634. The first kappa shape index (κ1) is 19.9. The Balaban J connectivity index is 1.57. The zero-order valence-corrected chi connectivity index (χ0v) is 19.3. The Morgan fingerprint density at radius 2 is 2.06 bits per heavy atom. The monoisotopic (exact) mass is 433 g/mol. The number of phenols is 1. The summed E-state index contributed by atoms with van der Waals surface area (Å²) in [6.45, 7) is 9.21. The molecular formula is C26H31N3O3. The molecule has 1 aliphatic carbocycles. The van der Waals surface area contributed by atoms with E-state index in [-0.39, 0.29) is 28.9 Å². The molecule has 7 rings (SSSR count). The lowest BCUT2D eigenvalue weighted by Crippen LogP contribution is -2.84. The van der Waals surface area contributed by atoms with Crippen molar-refractivity contribution in [1.29, 1.82) is 0 Å². The van der Waals surface area contributed by atoms with Gasteiger partial charge < -0.3 is 20.3 Å². The van der Waals surface area contributed by atoms with E-state index in [4.69, 9.17) is 0 Å². The van der Waals surface area contributed by atoms with Gasteiger partial charge in [-0.1, -0.05) is 25.5 Å². The summed E-state index contributed by atoms with van der Waals surface area (Å²) in [7, 11) is 0. The fourth-order valence-corrected chi connectivity index (χ4v) is 7.26. The SMILES string of the molecule is CC(C)=CCc1c(O)ccc2c3c([nH]c12)C(C)(C)[C@H]1C[C@]24CCCN2C(=O)[C@@]1(C3)NC4=O. The third kappa shape index (κ3) is 2.16. The summed E-state index contributed by atoms with van der Waals surface area (Å²) in [5.74, 6) is 0.450. The van der Waals surface area contributed by atoms with Crippen LogP contribution in [0, 0.1) is 5.92 Å². The molecule has 2 bridgehead atoms. The number of nitrogens with zero attached hydrogens (tertiary/aromatic N) is 1. The maximum Gasteiger partial charge on any atom is 0.249 e. The summed E-state index contributed by atoms with van der Waals surface area (Å²) in [4.78, 5) is 32.7. The Morgan fingerprint density at radius 3 is 2.81 bits per heavy atom. The van der Waals surface area contributed by atoms with E-state index in [2.05, 4.69) is 44.1 Å². The van der Waals surface area contributed by atoms with Crippen molar-refractivity contribution in [1.82, 2.24) is 15.2 Å². The van der Waals surface area contributed by atoms with E-state index in [9.17, 15) is 14.7 Å². The molecule has 168 valence electrons. The van der Waals surface area contributed by atoms with Gasteiger partial charge >= 0.3 is 0 Å². The number of carbonyl (C=O) groups excluding carboxylic acids is 2. The number of hydrogen-bond donors (Lipinski definition) is 3. The minimum atomic E-state index is -0.882. The number of fused-ring (bicyclic) bond motifs is 4. The minimum Gasteiger partial charge on any atom is -0.508 e. The van der Waals surface area contributed by atoms with Gasteiger partial charge in [-0.2, -0.15) is 0 Å². The van der Waals surface area contributed by atoms with E-state index in [0.29, 0.717) is 19.4 Å². The van der Waals surface area contributed by atoms with Crippen LogP contribution in [-0.2, 0) is 27.8 Å². The van der Waals surface area contributed by atoms with E-state index in [1.165, 1.54) is 5.57 Å². The number of hydrogen-bond acceptors (Lipinski definition) is 3. The van der Waals surface area contributed by atoms with Crippen LogP contribution in [0.5, 0.6) is 5.75 Å². The van der Waals surface area contributed by atoms with Gasteiger partial charge in [0.1, 0.15) is 16.8 Å². The highest BCUT2D eigenvalue weighted by atomic mass is 16.3. The van der Waals surface area contributed by atoms with Crippen molar-refractivity contribution < 1.29 is 14.7 Å². The molecule has 4 fully saturated rings. The molecule has 32 heavy (non-hydrogen) atoms. The molecular weight excluding hydrogens is 402 g/mol. The van der Waals surface area contributed by atoms with Crippen LogP contribution in [0.4, 0.5) is 0 Å². The molecule has 2 aromatic rings. The maximum absolute atomic E-state index is 13.9. The zero-order valence-electron chi connectivity index (χ0n) is 19.3. The summed E-state index contributed by atoms with van der Waals surface area (Å²) >= 11 is 0. The summed E-state index contributed by atoms with van der Waals surface area (Å²) in [5.41, 5.74) is 3.40. The van der Waals surface area contributed by atoms with Crippen molar-refractivity contribution in [3.63, 3.8) is 0 Å². The second-order valence-corrected chi connectivity index (χ2v) is 11.1. The fraction of sp³-hybridized carbons (Fsp3) is 0.538. The number of aromatic nitrogens is 1. The highest BCUT2D eigenvalue weighted by molar-refractivity contribution is 6.06. The van der Waals surface area contributed by atoms with Gasteiger partial charge in [0.2, 0.25) is 11.8 Å². The molecule has 3 atom stereocenters. The maximum atomic E-state index is 13.9. The first-order valence-electron chi connectivity index (χ1n) is 11.8. The van der Waals surface area contributed by atoms with Crippen LogP contribution in [-0.4, -0.2) is 44.4 Å². The van der Waals surface area contributed by atoms with Crippen molar-refractivity contribution >= 4 is 22.7 Å². The van der Waals surface area contributed by atoms with E-state index >= 15 is 0 Å². The highest BCUT2D eigenvalue weighted by Gasteiger charge is 2.72. The van der Waals surface area contributed by atoms with Gasteiger partial charge in [0.25, 0.3) is 0 Å². The standard InChI is InChI=1S/C26H31N3O3/c1-14(2)6-7-16-18(30)9-8-15-17-12-26-19(24(3,4)21(17)27-20(15)16)13-25(22(31)28-26)10-5-11-29(25)23(26)32/h6,8-9,19,27,30H,5,7,10-13H2,1-4H3,(H,28,31)/t19-,25+,26+/m1/s1. The van der Waals surface area contributed by atoms with Crippen molar-refractivity contribution in [2.75, 3.05) is 6.54 Å². The van der Waals surface area contributed by atoms with Crippen molar-refractivity contribution in [3.05, 3.63) is 40.6 Å².